The standard InChI is InChI=1S/C16H18FNO2S2/c1-13-3-9-16(10-4-13)22(19,20)18-11-2-12-21-15-7-5-14(17)6-8-15/h3-10,18H,2,11-12H2,1H3. The molecule has 0 aliphatic heterocycles. The van der Waals surface area contributed by atoms with Gasteiger partial charge in [0.25, 0.3) is 0 Å². The predicted molar refractivity (Wildman–Crippen MR) is 88.1 cm³/mol. The first-order valence-electron chi connectivity index (χ1n) is 6.92. The molecule has 0 atom stereocenters. The molecular formula is C16H18FNO2S2. The van der Waals surface area contributed by atoms with Crippen molar-refractivity contribution in [2.45, 2.75) is 23.1 Å². The third-order valence-corrected chi connectivity index (χ3v) is 5.60. The van der Waals surface area contributed by atoms with E-state index in [1.165, 1.54) is 12.1 Å². The van der Waals surface area contributed by atoms with E-state index in [1.807, 2.05) is 6.92 Å². The van der Waals surface area contributed by atoms with Crippen molar-refractivity contribution in [3.8, 4) is 0 Å². The summed E-state index contributed by atoms with van der Waals surface area (Å²) in [6.07, 6.45) is 0.702. The Morgan fingerprint density at radius 1 is 1.05 bits per heavy atom. The molecule has 6 heteroatoms. The molecule has 0 spiro atoms. The van der Waals surface area contributed by atoms with Gasteiger partial charge in [0.05, 0.1) is 4.90 Å². The lowest BCUT2D eigenvalue weighted by atomic mass is 10.2. The van der Waals surface area contributed by atoms with Gasteiger partial charge in [0.1, 0.15) is 5.82 Å². The van der Waals surface area contributed by atoms with Gasteiger partial charge in [0.15, 0.2) is 0 Å². The second-order valence-corrected chi connectivity index (χ2v) is 7.80. The van der Waals surface area contributed by atoms with Crippen molar-refractivity contribution in [3.63, 3.8) is 0 Å². The van der Waals surface area contributed by atoms with Crippen molar-refractivity contribution in [3.05, 3.63) is 59.9 Å². The summed E-state index contributed by atoms with van der Waals surface area (Å²) in [6.45, 7) is 2.29. The molecule has 0 saturated heterocycles. The van der Waals surface area contributed by atoms with Gasteiger partial charge in [-0.25, -0.2) is 17.5 Å². The Bertz CT molecular complexity index is 698. The maximum atomic E-state index is 12.8. The minimum atomic E-state index is -3.44. The zero-order chi connectivity index (χ0) is 16.0. The molecule has 118 valence electrons. The second-order valence-electron chi connectivity index (χ2n) is 4.87. The molecule has 0 aliphatic carbocycles. The van der Waals surface area contributed by atoms with E-state index in [1.54, 1.807) is 48.2 Å². The second kappa shape index (κ2) is 7.76. The van der Waals surface area contributed by atoms with E-state index in [9.17, 15) is 12.8 Å². The van der Waals surface area contributed by atoms with E-state index >= 15 is 0 Å². The lowest BCUT2D eigenvalue weighted by Crippen LogP contribution is -2.25. The van der Waals surface area contributed by atoms with Crippen LogP contribution in [0.3, 0.4) is 0 Å². The number of halogens is 1. The Morgan fingerprint density at radius 2 is 1.68 bits per heavy atom. The van der Waals surface area contributed by atoms with Crippen LogP contribution in [0.25, 0.3) is 0 Å². The van der Waals surface area contributed by atoms with Crippen LogP contribution in [0.4, 0.5) is 4.39 Å². The minimum absolute atomic E-state index is 0.254. The smallest absolute Gasteiger partial charge is 0.211 e. The molecule has 0 unspecified atom stereocenters. The molecule has 0 aliphatic rings. The Kier molecular flexibility index (Phi) is 5.99. The van der Waals surface area contributed by atoms with Gasteiger partial charge in [0, 0.05) is 11.4 Å². The molecular weight excluding hydrogens is 321 g/mol. The molecule has 0 saturated carbocycles. The molecule has 0 heterocycles. The number of aryl methyl sites for hydroxylation is 1. The van der Waals surface area contributed by atoms with Gasteiger partial charge < -0.3 is 0 Å². The summed E-state index contributed by atoms with van der Waals surface area (Å²) in [7, 11) is -3.44. The number of sulfonamides is 1. The average molecular weight is 339 g/mol. The van der Waals surface area contributed by atoms with Gasteiger partial charge in [-0.05, 0) is 55.5 Å². The number of hydrogen-bond donors (Lipinski definition) is 1. The number of nitrogens with one attached hydrogen (secondary N) is 1. The van der Waals surface area contributed by atoms with Crippen LogP contribution in [0.1, 0.15) is 12.0 Å². The van der Waals surface area contributed by atoms with Crippen LogP contribution in [0.5, 0.6) is 0 Å². The molecule has 1 N–H and O–H groups in total. The monoisotopic (exact) mass is 339 g/mol. The fourth-order valence-corrected chi connectivity index (χ4v) is 3.73. The molecule has 0 aromatic heterocycles. The molecule has 2 rings (SSSR count). The quantitative estimate of drug-likeness (QED) is 0.619. The first-order valence-corrected chi connectivity index (χ1v) is 9.39. The van der Waals surface area contributed by atoms with Crippen molar-refractivity contribution in [2.24, 2.45) is 0 Å². The van der Waals surface area contributed by atoms with Gasteiger partial charge in [-0.3, -0.25) is 0 Å². The highest BCUT2D eigenvalue weighted by atomic mass is 32.2. The van der Waals surface area contributed by atoms with Gasteiger partial charge in [-0.2, -0.15) is 0 Å². The Balaban J connectivity index is 1.76. The van der Waals surface area contributed by atoms with Crippen LogP contribution < -0.4 is 4.72 Å². The fourth-order valence-electron chi connectivity index (χ4n) is 1.80. The van der Waals surface area contributed by atoms with E-state index < -0.39 is 10.0 Å². The van der Waals surface area contributed by atoms with Crippen LogP contribution >= 0.6 is 11.8 Å². The van der Waals surface area contributed by atoms with Crippen LogP contribution in [-0.2, 0) is 10.0 Å². The van der Waals surface area contributed by atoms with E-state index in [2.05, 4.69) is 4.72 Å². The maximum absolute atomic E-state index is 12.8. The normalized spacial score (nSPS) is 11.5. The SMILES string of the molecule is Cc1ccc(S(=O)(=O)NCCCSc2ccc(F)cc2)cc1. The molecule has 2 aromatic rings. The van der Waals surface area contributed by atoms with Crippen molar-refractivity contribution in [1.29, 1.82) is 0 Å². The Morgan fingerprint density at radius 3 is 2.32 bits per heavy atom. The van der Waals surface area contributed by atoms with E-state index in [0.717, 1.165) is 16.2 Å². The number of thioether (sulfide) groups is 1. The highest BCUT2D eigenvalue weighted by Gasteiger charge is 2.12. The largest absolute Gasteiger partial charge is 0.240 e. The lowest BCUT2D eigenvalue weighted by molar-refractivity contribution is 0.581. The van der Waals surface area contributed by atoms with Crippen molar-refractivity contribution < 1.29 is 12.8 Å². The highest BCUT2D eigenvalue weighted by Crippen LogP contribution is 2.18. The topological polar surface area (TPSA) is 46.2 Å². The lowest BCUT2D eigenvalue weighted by Gasteiger charge is -2.07. The third-order valence-electron chi connectivity index (χ3n) is 3.03. The summed E-state index contributed by atoms with van der Waals surface area (Å²) in [6, 6.07) is 13.0. The van der Waals surface area contributed by atoms with Crippen molar-refractivity contribution in [2.75, 3.05) is 12.3 Å². The fraction of sp³-hybridized carbons (Fsp3) is 0.250. The zero-order valence-corrected chi connectivity index (χ0v) is 13.9. The maximum Gasteiger partial charge on any atom is 0.240 e. The minimum Gasteiger partial charge on any atom is -0.211 e. The number of rotatable bonds is 7. The first kappa shape index (κ1) is 17.0. The summed E-state index contributed by atoms with van der Waals surface area (Å²) in [5, 5.41) is 0. The summed E-state index contributed by atoms with van der Waals surface area (Å²) >= 11 is 1.58. The summed E-state index contributed by atoms with van der Waals surface area (Å²) in [5.74, 6) is 0.511. The zero-order valence-electron chi connectivity index (χ0n) is 12.3. The van der Waals surface area contributed by atoms with Crippen LogP contribution in [0.15, 0.2) is 58.3 Å². The first-order chi connectivity index (χ1) is 10.5. The Hall–Kier alpha value is -1.37. The molecule has 2 aromatic carbocycles. The average Bonchev–Trinajstić information content (AvgIpc) is 2.49. The van der Waals surface area contributed by atoms with Gasteiger partial charge in [-0.1, -0.05) is 17.7 Å². The van der Waals surface area contributed by atoms with Gasteiger partial charge >= 0.3 is 0 Å². The van der Waals surface area contributed by atoms with Crippen molar-refractivity contribution >= 4 is 21.8 Å². The molecule has 3 nitrogen and oxygen atoms in total. The van der Waals surface area contributed by atoms with E-state index in [-0.39, 0.29) is 10.7 Å². The van der Waals surface area contributed by atoms with E-state index in [4.69, 9.17) is 0 Å². The summed E-state index contributed by atoms with van der Waals surface area (Å²) in [5.41, 5.74) is 1.02. The molecule has 0 bridgehead atoms. The van der Waals surface area contributed by atoms with Gasteiger partial charge in [0.2, 0.25) is 10.0 Å². The number of hydrogen-bond acceptors (Lipinski definition) is 3. The highest BCUT2D eigenvalue weighted by molar-refractivity contribution is 7.99. The Labute approximate surface area is 135 Å². The molecule has 0 radical (unpaired) electrons. The third kappa shape index (κ3) is 5.12. The molecule has 22 heavy (non-hydrogen) atoms. The van der Waals surface area contributed by atoms with Crippen LogP contribution in [0, 0.1) is 12.7 Å². The predicted octanol–water partition coefficient (Wildman–Crippen LogP) is 3.59. The van der Waals surface area contributed by atoms with Gasteiger partial charge in [-0.15, -0.1) is 11.8 Å². The molecule has 0 fully saturated rings. The van der Waals surface area contributed by atoms with Crippen LogP contribution in [0.2, 0.25) is 0 Å². The summed E-state index contributed by atoms with van der Waals surface area (Å²) in [4.78, 5) is 1.26. The van der Waals surface area contributed by atoms with Crippen molar-refractivity contribution in [1.82, 2.24) is 4.72 Å². The van der Waals surface area contributed by atoms with E-state index in [0.29, 0.717) is 13.0 Å². The number of benzene rings is 2. The molecule has 0 amide bonds. The summed E-state index contributed by atoms with van der Waals surface area (Å²) < 4.78 is 39.5. The van der Waals surface area contributed by atoms with Crippen LogP contribution in [-0.4, -0.2) is 20.7 Å².